The van der Waals surface area contributed by atoms with E-state index >= 15 is 0 Å². The highest BCUT2D eigenvalue weighted by molar-refractivity contribution is 7.84. The molecule has 1 aromatic rings. The molecule has 0 aliphatic heterocycles. The number of hydrogen-bond donors (Lipinski definition) is 2. The molecule has 0 aliphatic carbocycles. The fraction of sp³-hybridized carbons (Fsp3) is 0.600. The Morgan fingerprint density at radius 1 is 1.43 bits per heavy atom. The van der Waals surface area contributed by atoms with Crippen LogP contribution in [0.25, 0.3) is 0 Å². The summed E-state index contributed by atoms with van der Waals surface area (Å²) >= 11 is 0. The van der Waals surface area contributed by atoms with Gasteiger partial charge in [0.2, 0.25) is 0 Å². The predicted molar refractivity (Wildman–Crippen MR) is 88.2 cm³/mol. The summed E-state index contributed by atoms with van der Waals surface area (Å²) in [4.78, 5) is 16.6. The van der Waals surface area contributed by atoms with E-state index in [4.69, 9.17) is 0 Å². The van der Waals surface area contributed by atoms with Gasteiger partial charge in [0.25, 0.3) is 5.91 Å². The van der Waals surface area contributed by atoms with Crippen LogP contribution in [0.1, 0.15) is 42.7 Å². The topological polar surface area (TPSA) is 71.1 Å². The number of pyridine rings is 1. The Morgan fingerprint density at radius 3 is 2.76 bits per heavy atom. The second-order valence-corrected chi connectivity index (χ2v) is 6.80. The predicted octanol–water partition coefficient (Wildman–Crippen LogP) is 2.10. The standard InChI is InChI=1S/C15H25N3O2S/c1-5-7-16-14-10-13(9-12(3)17-14)15(19)18-11(2)6-8-21(4)20/h9-11H,5-8H2,1-4H3,(H,16,17)(H,18,19). The van der Waals surface area contributed by atoms with Crippen molar-refractivity contribution in [2.24, 2.45) is 0 Å². The molecule has 6 heteroatoms. The summed E-state index contributed by atoms with van der Waals surface area (Å²) < 4.78 is 11.1. The van der Waals surface area contributed by atoms with Crippen LogP contribution >= 0.6 is 0 Å². The molecule has 0 saturated heterocycles. The third kappa shape index (κ3) is 6.71. The van der Waals surface area contributed by atoms with Gasteiger partial charge in [0, 0.05) is 46.7 Å². The molecule has 0 aromatic carbocycles. The lowest BCUT2D eigenvalue weighted by Crippen LogP contribution is -2.33. The van der Waals surface area contributed by atoms with E-state index in [1.807, 2.05) is 13.8 Å². The number of aromatic nitrogens is 1. The van der Waals surface area contributed by atoms with Gasteiger partial charge >= 0.3 is 0 Å². The third-order valence-electron chi connectivity index (χ3n) is 2.99. The van der Waals surface area contributed by atoms with Gasteiger partial charge in [0.1, 0.15) is 5.82 Å². The van der Waals surface area contributed by atoms with Crippen molar-refractivity contribution in [2.75, 3.05) is 23.9 Å². The molecule has 2 atom stereocenters. The van der Waals surface area contributed by atoms with Crippen LogP contribution < -0.4 is 10.6 Å². The number of amides is 1. The Kier molecular flexibility index (Phi) is 7.36. The molecule has 0 spiro atoms. The first-order valence-electron chi connectivity index (χ1n) is 7.25. The van der Waals surface area contributed by atoms with Gasteiger partial charge in [-0.3, -0.25) is 9.00 Å². The first-order valence-corrected chi connectivity index (χ1v) is 8.98. The van der Waals surface area contributed by atoms with E-state index in [1.54, 1.807) is 18.4 Å². The van der Waals surface area contributed by atoms with Crippen molar-refractivity contribution in [3.8, 4) is 0 Å². The van der Waals surface area contributed by atoms with E-state index in [0.717, 1.165) is 24.5 Å². The van der Waals surface area contributed by atoms with Crippen LogP contribution in [-0.4, -0.2) is 39.7 Å². The maximum atomic E-state index is 12.2. The van der Waals surface area contributed by atoms with Crippen LogP contribution in [0.5, 0.6) is 0 Å². The summed E-state index contributed by atoms with van der Waals surface area (Å²) in [5.74, 6) is 1.21. The lowest BCUT2D eigenvalue weighted by Gasteiger charge is -2.14. The van der Waals surface area contributed by atoms with Crippen LogP contribution in [0.2, 0.25) is 0 Å². The zero-order valence-electron chi connectivity index (χ0n) is 13.2. The lowest BCUT2D eigenvalue weighted by molar-refractivity contribution is 0.0939. The van der Waals surface area contributed by atoms with E-state index in [-0.39, 0.29) is 11.9 Å². The molecule has 0 fully saturated rings. The minimum absolute atomic E-state index is 0.00178. The maximum Gasteiger partial charge on any atom is 0.251 e. The number of aryl methyl sites for hydroxylation is 1. The minimum atomic E-state index is -0.828. The molecule has 0 saturated carbocycles. The van der Waals surface area contributed by atoms with Gasteiger partial charge in [0.05, 0.1) is 0 Å². The van der Waals surface area contributed by atoms with Crippen LogP contribution in [0, 0.1) is 6.92 Å². The minimum Gasteiger partial charge on any atom is -0.370 e. The van der Waals surface area contributed by atoms with E-state index < -0.39 is 10.8 Å². The SMILES string of the molecule is CCCNc1cc(C(=O)NC(C)CCS(C)=O)cc(C)n1. The summed E-state index contributed by atoms with van der Waals surface area (Å²) in [6, 6.07) is 3.54. The highest BCUT2D eigenvalue weighted by Gasteiger charge is 2.12. The van der Waals surface area contributed by atoms with Gasteiger partial charge in [-0.1, -0.05) is 6.92 Å². The summed E-state index contributed by atoms with van der Waals surface area (Å²) in [5, 5.41) is 6.13. The molecule has 2 N–H and O–H groups in total. The van der Waals surface area contributed by atoms with Gasteiger partial charge in [-0.25, -0.2) is 4.98 Å². The molecular weight excluding hydrogens is 286 g/mol. The van der Waals surface area contributed by atoms with Crippen LogP contribution in [0.4, 0.5) is 5.82 Å². The second kappa shape index (κ2) is 8.77. The van der Waals surface area contributed by atoms with Crippen molar-refractivity contribution in [3.05, 3.63) is 23.4 Å². The van der Waals surface area contributed by atoms with E-state index in [2.05, 4.69) is 22.5 Å². The monoisotopic (exact) mass is 311 g/mol. The quantitative estimate of drug-likeness (QED) is 0.771. The number of nitrogens with one attached hydrogen (secondary N) is 2. The molecule has 0 bridgehead atoms. The highest BCUT2D eigenvalue weighted by Crippen LogP contribution is 2.11. The van der Waals surface area contributed by atoms with Gasteiger partial charge in [-0.2, -0.15) is 0 Å². The number of carbonyl (C=O) groups is 1. The molecule has 0 radical (unpaired) electrons. The van der Waals surface area contributed by atoms with Crippen molar-refractivity contribution in [1.29, 1.82) is 0 Å². The fourth-order valence-corrected chi connectivity index (χ4v) is 2.55. The molecule has 2 unspecified atom stereocenters. The van der Waals surface area contributed by atoms with Gasteiger partial charge in [-0.05, 0) is 38.8 Å². The number of nitrogens with zero attached hydrogens (tertiary/aromatic N) is 1. The normalized spacial score (nSPS) is 13.5. The smallest absolute Gasteiger partial charge is 0.251 e. The van der Waals surface area contributed by atoms with Crippen LogP contribution in [-0.2, 0) is 10.8 Å². The van der Waals surface area contributed by atoms with Crippen molar-refractivity contribution in [1.82, 2.24) is 10.3 Å². The van der Waals surface area contributed by atoms with E-state index in [1.165, 1.54) is 0 Å². The number of hydrogen-bond acceptors (Lipinski definition) is 4. The molecule has 1 amide bonds. The summed E-state index contributed by atoms with van der Waals surface area (Å²) in [7, 11) is -0.828. The maximum absolute atomic E-state index is 12.2. The van der Waals surface area contributed by atoms with Crippen molar-refractivity contribution >= 4 is 22.5 Å². The van der Waals surface area contributed by atoms with Crippen LogP contribution in [0.15, 0.2) is 12.1 Å². The summed E-state index contributed by atoms with van der Waals surface area (Å²) in [6.45, 7) is 6.71. The zero-order chi connectivity index (χ0) is 15.8. The Hall–Kier alpha value is -1.43. The zero-order valence-corrected chi connectivity index (χ0v) is 14.0. The van der Waals surface area contributed by atoms with Gasteiger partial charge in [-0.15, -0.1) is 0 Å². The largest absolute Gasteiger partial charge is 0.370 e. The first kappa shape index (κ1) is 17.6. The van der Waals surface area contributed by atoms with E-state index in [0.29, 0.717) is 17.7 Å². The Bertz CT molecular complexity index is 506. The molecule has 118 valence electrons. The molecule has 5 nitrogen and oxygen atoms in total. The Balaban J connectivity index is 2.68. The molecule has 1 rings (SSSR count). The second-order valence-electron chi connectivity index (χ2n) is 5.25. The molecule has 1 heterocycles. The first-order chi connectivity index (χ1) is 9.92. The molecule has 0 aliphatic rings. The van der Waals surface area contributed by atoms with E-state index in [9.17, 15) is 9.00 Å². The average molecular weight is 311 g/mol. The number of carbonyl (C=O) groups excluding carboxylic acids is 1. The molecule has 21 heavy (non-hydrogen) atoms. The number of rotatable bonds is 8. The average Bonchev–Trinajstić information content (AvgIpc) is 2.42. The van der Waals surface area contributed by atoms with Crippen molar-refractivity contribution in [2.45, 2.75) is 39.7 Å². The van der Waals surface area contributed by atoms with Gasteiger partial charge in [0.15, 0.2) is 0 Å². The van der Waals surface area contributed by atoms with Crippen molar-refractivity contribution < 1.29 is 9.00 Å². The molecule has 1 aromatic heterocycles. The third-order valence-corrected chi connectivity index (χ3v) is 3.80. The Labute approximate surface area is 129 Å². The summed E-state index contributed by atoms with van der Waals surface area (Å²) in [5.41, 5.74) is 1.41. The van der Waals surface area contributed by atoms with Crippen LogP contribution in [0.3, 0.4) is 0 Å². The lowest BCUT2D eigenvalue weighted by atomic mass is 10.2. The number of anilines is 1. The summed E-state index contributed by atoms with van der Waals surface area (Å²) in [6.07, 6.45) is 3.38. The van der Waals surface area contributed by atoms with Crippen molar-refractivity contribution in [3.63, 3.8) is 0 Å². The Morgan fingerprint density at radius 2 is 2.14 bits per heavy atom. The molecular formula is C15H25N3O2S. The van der Waals surface area contributed by atoms with Gasteiger partial charge < -0.3 is 10.6 Å². The highest BCUT2D eigenvalue weighted by atomic mass is 32.2. The fourth-order valence-electron chi connectivity index (χ4n) is 1.87.